The number of nitrogens with zero attached hydrogens (tertiary/aromatic N) is 1. The molecule has 272 valence electrons. The lowest BCUT2D eigenvalue weighted by molar-refractivity contribution is -0.870. The van der Waals surface area contributed by atoms with Crippen LogP contribution >= 0.6 is 7.82 Å². The molecule has 2 unspecified atom stereocenters. The molecule has 0 heterocycles. The van der Waals surface area contributed by atoms with E-state index in [0.29, 0.717) is 30.3 Å². The molecule has 10 heteroatoms. The van der Waals surface area contributed by atoms with Crippen LogP contribution in [0.2, 0.25) is 0 Å². The maximum Gasteiger partial charge on any atom is 0.306 e. The number of rotatable bonds is 29. The first kappa shape index (κ1) is 45.2. The van der Waals surface area contributed by atoms with Gasteiger partial charge in [0.2, 0.25) is 0 Å². The molecular weight excluding hydrogens is 629 g/mol. The van der Waals surface area contributed by atoms with Crippen molar-refractivity contribution in [1.29, 1.82) is 0 Å². The van der Waals surface area contributed by atoms with Crippen LogP contribution in [0, 0.1) is 0 Å². The number of carbonyl (C=O) groups excluding carboxylic acids is 2. The highest BCUT2D eigenvalue weighted by atomic mass is 31.2. The maximum absolute atomic E-state index is 12.5. The molecule has 0 aliphatic rings. The summed E-state index contributed by atoms with van der Waals surface area (Å²) in [6.07, 6.45) is 36.4. The van der Waals surface area contributed by atoms with Gasteiger partial charge in [-0.15, -0.1) is 0 Å². The highest BCUT2D eigenvalue weighted by Gasteiger charge is 2.21. The third-order valence-corrected chi connectivity index (χ3v) is 7.52. The Kier molecular flexibility index (Phi) is 28.5. The summed E-state index contributed by atoms with van der Waals surface area (Å²) in [4.78, 5) is 37.1. The third-order valence-electron chi connectivity index (χ3n) is 6.56. The molecule has 0 saturated heterocycles. The van der Waals surface area contributed by atoms with Crippen LogP contribution in [0.4, 0.5) is 0 Å². The van der Waals surface area contributed by atoms with Crippen molar-refractivity contribution in [2.75, 3.05) is 47.5 Å². The van der Waals surface area contributed by atoms with Crippen molar-refractivity contribution >= 4 is 19.8 Å². The number of carbonyl (C=O) groups is 2. The first-order valence-electron chi connectivity index (χ1n) is 17.4. The lowest BCUT2D eigenvalue weighted by atomic mass is 10.1. The number of hydrogen-bond donors (Lipinski definition) is 0. The fourth-order valence-corrected chi connectivity index (χ4v) is 4.50. The fourth-order valence-electron chi connectivity index (χ4n) is 3.78. The largest absolute Gasteiger partial charge is 0.756 e. The second-order valence-corrected chi connectivity index (χ2v) is 13.7. The van der Waals surface area contributed by atoms with E-state index in [-0.39, 0.29) is 26.1 Å². The van der Waals surface area contributed by atoms with Crippen molar-refractivity contribution in [3.8, 4) is 0 Å². The number of likely N-dealkylation sites (N-methyl/N-ethyl adjacent to an activating group) is 1. The molecular formula is C38H62NO8P. The SMILES string of the molecule is CC/C=C/C=C/C=C/C=C/C=C/CCCC(=O)OC(COC(=O)CCCCC/C=C/C=C/CCCC)COP(=O)([O-])OCC[N+](C)(C)C. The maximum atomic E-state index is 12.5. The first-order valence-corrected chi connectivity index (χ1v) is 18.8. The van der Waals surface area contributed by atoms with Crippen LogP contribution in [0.3, 0.4) is 0 Å². The molecule has 0 aliphatic carbocycles. The summed E-state index contributed by atoms with van der Waals surface area (Å²) in [7, 11) is 1.08. The van der Waals surface area contributed by atoms with Crippen molar-refractivity contribution in [2.24, 2.45) is 0 Å². The number of ether oxygens (including phenoxy) is 2. The molecule has 9 nitrogen and oxygen atoms in total. The molecule has 0 rings (SSSR count). The molecule has 0 fully saturated rings. The Morgan fingerprint density at radius 1 is 0.667 bits per heavy atom. The van der Waals surface area contributed by atoms with Gasteiger partial charge in [-0.3, -0.25) is 14.2 Å². The standard InChI is InChI=1S/C38H62NO8P/c1-6-8-10-12-14-16-18-19-21-23-25-27-29-31-38(41)47-36(35-46-48(42,43)45-33-32-39(3,4)5)34-44-37(40)30-28-26-24-22-20-17-15-13-11-9-7-2/h8,10,12-21,23,25,36H,6-7,9,11,22,24,26-35H2,1-5H3/b10-8+,14-12+,15-13+,18-16+,20-17+,21-19+,25-23+. The van der Waals surface area contributed by atoms with Crippen LogP contribution in [0.25, 0.3) is 0 Å². The Bertz CT molecular complexity index is 1100. The minimum Gasteiger partial charge on any atom is -0.756 e. The van der Waals surface area contributed by atoms with Crippen molar-refractivity contribution < 1.29 is 42.1 Å². The summed E-state index contributed by atoms with van der Waals surface area (Å²) in [6, 6.07) is 0. The van der Waals surface area contributed by atoms with Crippen molar-refractivity contribution in [1.82, 2.24) is 0 Å². The number of allylic oxidation sites excluding steroid dienone is 14. The second-order valence-electron chi connectivity index (χ2n) is 12.3. The predicted octanol–water partition coefficient (Wildman–Crippen LogP) is 8.26. The molecule has 48 heavy (non-hydrogen) atoms. The lowest BCUT2D eigenvalue weighted by Gasteiger charge is -2.28. The molecule has 2 atom stereocenters. The zero-order valence-corrected chi connectivity index (χ0v) is 31.0. The smallest absolute Gasteiger partial charge is 0.306 e. The monoisotopic (exact) mass is 691 g/mol. The van der Waals surface area contributed by atoms with Gasteiger partial charge in [0.05, 0.1) is 27.7 Å². The number of phosphoric acid groups is 1. The van der Waals surface area contributed by atoms with Gasteiger partial charge in [0.1, 0.15) is 19.8 Å². The van der Waals surface area contributed by atoms with Gasteiger partial charge in [0, 0.05) is 12.8 Å². The third kappa shape index (κ3) is 33.1. The summed E-state index contributed by atoms with van der Waals surface area (Å²) in [6.45, 7) is 3.85. The van der Waals surface area contributed by atoms with Crippen LogP contribution in [0.5, 0.6) is 0 Å². The van der Waals surface area contributed by atoms with E-state index in [4.69, 9.17) is 18.5 Å². The number of hydrogen-bond acceptors (Lipinski definition) is 8. The quantitative estimate of drug-likeness (QED) is 0.0254. The normalized spacial score (nSPS) is 14.9. The number of esters is 2. The van der Waals surface area contributed by atoms with E-state index < -0.39 is 32.5 Å². The van der Waals surface area contributed by atoms with Gasteiger partial charge in [-0.05, 0) is 44.9 Å². The Morgan fingerprint density at radius 2 is 1.21 bits per heavy atom. The van der Waals surface area contributed by atoms with Gasteiger partial charge in [-0.1, -0.05) is 118 Å². The van der Waals surface area contributed by atoms with Crippen molar-refractivity contribution in [2.45, 2.75) is 97.0 Å². The minimum atomic E-state index is -4.64. The topological polar surface area (TPSA) is 111 Å². The Morgan fingerprint density at radius 3 is 1.81 bits per heavy atom. The van der Waals surface area contributed by atoms with Gasteiger partial charge >= 0.3 is 11.9 Å². The van der Waals surface area contributed by atoms with E-state index in [2.05, 4.69) is 44.2 Å². The molecule has 0 saturated carbocycles. The van der Waals surface area contributed by atoms with Crippen LogP contribution in [0.15, 0.2) is 85.1 Å². The second kappa shape index (κ2) is 30.3. The van der Waals surface area contributed by atoms with Crippen LogP contribution in [0.1, 0.15) is 90.9 Å². The summed E-state index contributed by atoms with van der Waals surface area (Å²) < 4.78 is 33.5. The summed E-state index contributed by atoms with van der Waals surface area (Å²) >= 11 is 0. The van der Waals surface area contributed by atoms with Crippen LogP contribution < -0.4 is 4.89 Å². The highest BCUT2D eigenvalue weighted by Crippen LogP contribution is 2.38. The minimum absolute atomic E-state index is 0.0537. The summed E-state index contributed by atoms with van der Waals surface area (Å²) in [5.74, 6) is -0.970. The zero-order chi connectivity index (χ0) is 35.8. The van der Waals surface area contributed by atoms with Gasteiger partial charge in [0.15, 0.2) is 6.10 Å². The van der Waals surface area contributed by atoms with Crippen molar-refractivity contribution in [3.05, 3.63) is 85.1 Å². The van der Waals surface area contributed by atoms with E-state index in [9.17, 15) is 19.0 Å². The first-order chi connectivity index (χ1) is 23.0. The van der Waals surface area contributed by atoms with E-state index in [1.165, 1.54) is 12.8 Å². The zero-order valence-electron chi connectivity index (χ0n) is 30.1. The average Bonchev–Trinajstić information content (AvgIpc) is 3.02. The molecule has 0 N–H and O–H groups in total. The molecule has 0 aliphatic heterocycles. The van der Waals surface area contributed by atoms with Crippen molar-refractivity contribution in [3.63, 3.8) is 0 Å². The molecule has 0 radical (unpaired) electrons. The lowest BCUT2D eigenvalue weighted by Crippen LogP contribution is -2.37. The molecule has 0 aromatic heterocycles. The Balaban J connectivity index is 4.71. The van der Waals surface area contributed by atoms with Gasteiger partial charge < -0.3 is 27.9 Å². The van der Waals surface area contributed by atoms with Gasteiger partial charge in [-0.25, -0.2) is 0 Å². The van der Waals surface area contributed by atoms with E-state index >= 15 is 0 Å². The number of quaternary nitrogens is 1. The van der Waals surface area contributed by atoms with Gasteiger partial charge in [0.25, 0.3) is 7.82 Å². The van der Waals surface area contributed by atoms with Crippen LogP contribution in [-0.2, 0) is 32.7 Å². The highest BCUT2D eigenvalue weighted by molar-refractivity contribution is 7.45. The Hall–Kier alpha value is -2.81. The van der Waals surface area contributed by atoms with Gasteiger partial charge in [-0.2, -0.15) is 0 Å². The van der Waals surface area contributed by atoms with E-state index in [0.717, 1.165) is 32.1 Å². The number of unbranched alkanes of at least 4 members (excludes halogenated alkanes) is 6. The van der Waals surface area contributed by atoms with E-state index in [1.54, 1.807) is 0 Å². The molecule has 0 spiro atoms. The molecule has 0 aromatic carbocycles. The fraction of sp³-hybridized carbons (Fsp3) is 0.579. The van der Waals surface area contributed by atoms with E-state index in [1.807, 2.05) is 75.8 Å². The summed E-state index contributed by atoms with van der Waals surface area (Å²) in [5, 5.41) is 0. The van der Waals surface area contributed by atoms with Crippen LogP contribution in [-0.4, -0.2) is 70.0 Å². The average molecular weight is 692 g/mol. The predicted molar refractivity (Wildman–Crippen MR) is 194 cm³/mol. The molecule has 0 aromatic rings. The Labute approximate surface area is 291 Å². The number of phosphoric ester groups is 1. The molecule has 0 bridgehead atoms. The molecule has 0 amide bonds. The summed E-state index contributed by atoms with van der Waals surface area (Å²) in [5.41, 5.74) is 0.